The Labute approximate surface area is 79.4 Å². The van der Waals surface area contributed by atoms with Crippen LogP contribution in [0.25, 0.3) is 0 Å². The number of nitrogens with zero attached hydrogens (tertiary/aromatic N) is 2. The maximum Gasteiger partial charge on any atom is 0.105 e. The smallest absolute Gasteiger partial charge is 0.105 e. The first-order chi connectivity index (χ1) is 6.34. The zero-order valence-electron chi connectivity index (χ0n) is 8.24. The van der Waals surface area contributed by atoms with E-state index in [4.69, 9.17) is 5.11 Å². The van der Waals surface area contributed by atoms with Crippen molar-refractivity contribution in [2.45, 2.75) is 39.2 Å². The van der Waals surface area contributed by atoms with Gasteiger partial charge in [-0.2, -0.15) is 0 Å². The lowest BCUT2D eigenvalue weighted by molar-refractivity contribution is 0.282. The van der Waals surface area contributed by atoms with Crippen molar-refractivity contribution in [1.82, 2.24) is 9.55 Å². The van der Waals surface area contributed by atoms with Crippen LogP contribution in [-0.2, 0) is 6.54 Å². The number of rotatable bonds is 6. The van der Waals surface area contributed by atoms with Gasteiger partial charge in [-0.25, -0.2) is 4.98 Å². The Morgan fingerprint density at radius 1 is 1.31 bits per heavy atom. The van der Waals surface area contributed by atoms with Crippen molar-refractivity contribution in [2.75, 3.05) is 6.61 Å². The summed E-state index contributed by atoms with van der Waals surface area (Å²) in [5, 5.41) is 8.58. The minimum Gasteiger partial charge on any atom is -0.396 e. The minimum atomic E-state index is 0.324. The Kier molecular flexibility index (Phi) is 4.54. The van der Waals surface area contributed by atoms with Gasteiger partial charge in [0.05, 0.1) is 0 Å². The van der Waals surface area contributed by atoms with Crippen molar-refractivity contribution in [3.63, 3.8) is 0 Å². The minimum absolute atomic E-state index is 0.324. The van der Waals surface area contributed by atoms with E-state index in [0.29, 0.717) is 6.61 Å². The Hall–Kier alpha value is -0.830. The van der Waals surface area contributed by atoms with Gasteiger partial charge in [0.15, 0.2) is 0 Å². The average molecular weight is 182 g/mol. The van der Waals surface area contributed by atoms with Crippen LogP contribution in [0.1, 0.15) is 31.5 Å². The highest BCUT2D eigenvalue weighted by molar-refractivity contribution is 4.87. The van der Waals surface area contributed by atoms with E-state index < -0.39 is 0 Å². The summed E-state index contributed by atoms with van der Waals surface area (Å²) in [7, 11) is 0. The molecular formula is C10H18N2O. The first kappa shape index (κ1) is 10.3. The molecule has 0 spiro atoms. The maximum absolute atomic E-state index is 8.58. The molecule has 1 rings (SSSR count). The molecular weight excluding hydrogens is 164 g/mol. The fraction of sp³-hybridized carbons (Fsp3) is 0.700. The van der Waals surface area contributed by atoms with Gasteiger partial charge in [-0.1, -0.05) is 12.8 Å². The Morgan fingerprint density at radius 3 is 2.69 bits per heavy atom. The zero-order chi connectivity index (χ0) is 9.52. The van der Waals surface area contributed by atoms with Crippen molar-refractivity contribution in [3.05, 3.63) is 18.2 Å². The fourth-order valence-electron chi connectivity index (χ4n) is 1.39. The molecule has 13 heavy (non-hydrogen) atoms. The summed E-state index contributed by atoms with van der Waals surface area (Å²) in [6.45, 7) is 3.40. The second kappa shape index (κ2) is 5.75. The van der Waals surface area contributed by atoms with E-state index in [-0.39, 0.29) is 0 Å². The second-order valence-corrected chi connectivity index (χ2v) is 3.31. The van der Waals surface area contributed by atoms with Gasteiger partial charge >= 0.3 is 0 Å². The summed E-state index contributed by atoms with van der Waals surface area (Å²) in [5.74, 6) is 1.09. The van der Waals surface area contributed by atoms with Crippen molar-refractivity contribution in [3.8, 4) is 0 Å². The van der Waals surface area contributed by atoms with Gasteiger partial charge in [0.2, 0.25) is 0 Å². The number of aromatic nitrogens is 2. The van der Waals surface area contributed by atoms with Gasteiger partial charge in [0.1, 0.15) is 5.82 Å². The molecule has 1 aromatic rings. The molecule has 0 aliphatic carbocycles. The maximum atomic E-state index is 8.58. The summed E-state index contributed by atoms with van der Waals surface area (Å²) >= 11 is 0. The monoisotopic (exact) mass is 182 g/mol. The Bertz CT molecular complexity index is 233. The van der Waals surface area contributed by atoms with E-state index in [1.165, 1.54) is 12.8 Å². The van der Waals surface area contributed by atoms with E-state index in [2.05, 4.69) is 9.55 Å². The molecule has 74 valence electrons. The molecule has 0 atom stereocenters. The van der Waals surface area contributed by atoms with Gasteiger partial charge in [-0.15, -0.1) is 0 Å². The molecule has 0 saturated carbocycles. The van der Waals surface area contributed by atoms with Gasteiger partial charge in [-0.05, 0) is 19.8 Å². The third kappa shape index (κ3) is 3.59. The van der Waals surface area contributed by atoms with Crippen LogP contribution in [0.4, 0.5) is 0 Å². The van der Waals surface area contributed by atoms with Crippen LogP contribution in [0, 0.1) is 6.92 Å². The van der Waals surface area contributed by atoms with Crippen LogP contribution < -0.4 is 0 Å². The van der Waals surface area contributed by atoms with Crippen molar-refractivity contribution in [1.29, 1.82) is 0 Å². The molecule has 3 heteroatoms. The molecule has 0 aromatic carbocycles. The van der Waals surface area contributed by atoms with E-state index in [1.54, 1.807) is 0 Å². The highest BCUT2D eigenvalue weighted by atomic mass is 16.2. The fourth-order valence-corrected chi connectivity index (χ4v) is 1.39. The molecule has 0 saturated heterocycles. The summed E-state index contributed by atoms with van der Waals surface area (Å²) < 4.78 is 2.17. The molecule has 0 aliphatic heterocycles. The second-order valence-electron chi connectivity index (χ2n) is 3.31. The van der Waals surface area contributed by atoms with Crippen LogP contribution in [-0.4, -0.2) is 21.3 Å². The van der Waals surface area contributed by atoms with Gasteiger partial charge in [-0.3, -0.25) is 0 Å². The highest BCUT2D eigenvalue weighted by Gasteiger charge is 1.95. The van der Waals surface area contributed by atoms with E-state index in [9.17, 15) is 0 Å². The van der Waals surface area contributed by atoms with Crippen molar-refractivity contribution in [2.24, 2.45) is 0 Å². The first-order valence-electron chi connectivity index (χ1n) is 4.93. The molecule has 0 bridgehead atoms. The lowest BCUT2D eigenvalue weighted by Gasteiger charge is -2.03. The molecule has 0 fully saturated rings. The quantitative estimate of drug-likeness (QED) is 0.680. The van der Waals surface area contributed by atoms with Gasteiger partial charge < -0.3 is 9.67 Å². The molecule has 0 amide bonds. The third-order valence-electron chi connectivity index (χ3n) is 2.23. The van der Waals surface area contributed by atoms with Crippen LogP contribution in [0.5, 0.6) is 0 Å². The molecule has 1 aromatic heterocycles. The van der Waals surface area contributed by atoms with E-state index in [1.807, 2.05) is 19.3 Å². The molecule has 1 heterocycles. The van der Waals surface area contributed by atoms with Gasteiger partial charge in [0, 0.05) is 25.5 Å². The molecule has 1 N–H and O–H groups in total. The molecule has 3 nitrogen and oxygen atoms in total. The molecule has 0 unspecified atom stereocenters. The van der Waals surface area contributed by atoms with Crippen LogP contribution in [0.2, 0.25) is 0 Å². The van der Waals surface area contributed by atoms with Gasteiger partial charge in [0.25, 0.3) is 0 Å². The highest BCUT2D eigenvalue weighted by Crippen LogP contribution is 2.03. The zero-order valence-corrected chi connectivity index (χ0v) is 8.24. The topological polar surface area (TPSA) is 38.0 Å². The number of aliphatic hydroxyl groups is 1. The largest absolute Gasteiger partial charge is 0.396 e. The van der Waals surface area contributed by atoms with E-state index >= 15 is 0 Å². The number of aliphatic hydroxyl groups excluding tert-OH is 1. The predicted molar refractivity (Wildman–Crippen MR) is 52.5 cm³/mol. The lowest BCUT2D eigenvalue weighted by Crippen LogP contribution is -1.99. The summed E-state index contributed by atoms with van der Waals surface area (Å²) in [6.07, 6.45) is 8.28. The summed E-state index contributed by atoms with van der Waals surface area (Å²) in [6, 6.07) is 0. The van der Waals surface area contributed by atoms with Crippen molar-refractivity contribution < 1.29 is 5.11 Å². The lowest BCUT2D eigenvalue weighted by atomic mass is 10.2. The van der Waals surface area contributed by atoms with Crippen LogP contribution in [0.3, 0.4) is 0 Å². The number of imidazole rings is 1. The first-order valence-corrected chi connectivity index (χ1v) is 4.93. The third-order valence-corrected chi connectivity index (χ3v) is 2.23. The number of unbranched alkanes of at least 4 members (excludes halogenated alkanes) is 3. The predicted octanol–water partition coefficient (Wildman–Crippen LogP) is 1.74. The number of hydrogen-bond donors (Lipinski definition) is 1. The Morgan fingerprint density at radius 2 is 2.08 bits per heavy atom. The van der Waals surface area contributed by atoms with Crippen molar-refractivity contribution >= 4 is 0 Å². The standard InChI is InChI=1S/C10H18N2O/c1-10-11-6-8-12(10)7-4-2-3-5-9-13/h6,8,13H,2-5,7,9H2,1H3. The number of hydrogen-bond acceptors (Lipinski definition) is 2. The average Bonchev–Trinajstić information content (AvgIpc) is 2.52. The Balaban J connectivity index is 2.10. The normalized spacial score (nSPS) is 10.6. The molecule has 0 aliphatic rings. The molecule has 0 radical (unpaired) electrons. The van der Waals surface area contributed by atoms with Crippen LogP contribution >= 0.6 is 0 Å². The summed E-state index contributed by atoms with van der Waals surface area (Å²) in [5.41, 5.74) is 0. The number of aryl methyl sites for hydroxylation is 2. The summed E-state index contributed by atoms with van der Waals surface area (Å²) in [4.78, 5) is 4.15. The van der Waals surface area contributed by atoms with Crippen LogP contribution in [0.15, 0.2) is 12.4 Å². The van der Waals surface area contributed by atoms with E-state index in [0.717, 1.165) is 25.2 Å². The SMILES string of the molecule is Cc1nccn1CCCCCCO.